The van der Waals surface area contributed by atoms with E-state index in [0.29, 0.717) is 6.42 Å². The van der Waals surface area contributed by atoms with Gasteiger partial charge in [-0.2, -0.15) is 0 Å². The standard InChI is InChI=1S/C14H26N2O2/c1-3-4-5-6-8-11(2)15-14(18)12-9-7-10-13(17)16-12/h11-12H,3-10H2,1-2H3,(H,15,18)(H,16,17)/t11-,12+/m0/s1. The summed E-state index contributed by atoms with van der Waals surface area (Å²) in [5, 5.41) is 5.74. The zero-order valence-corrected chi connectivity index (χ0v) is 11.6. The van der Waals surface area contributed by atoms with Crippen LogP contribution in [0.3, 0.4) is 0 Å². The van der Waals surface area contributed by atoms with E-state index in [1.807, 2.05) is 6.92 Å². The molecule has 0 aromatic heterocycles. The Kier molecular flexibility index (Phi) is 6.76. The van der Waals surface area contributed by atoms with Gasteiger partial charge in [0.1, 0.15) is 6.04 Å². The minimum Gasteiger partial charge on any atom is -0.352 e. The van der Waals surface area contributed by atoms with Crippen molar-refractivity contribution in [1.29, 1.82) is 0 Å². The second kappa shape index (κ2) is 8.11. The number of hydrogen-bond donors (Lipinski definition) is 2. The van der Waals surface area contributed by atoms with E-state index in [-0.39, 0.29) is 23.9 Å². The van der Waals surface area contributed by atoms with Gasteiger partial charge in [0, 0.05) is 12.5 Å². The molecule has 1 saturated heterocycles. The van der Waals surface area contributed by atoms with Crippen molar-refractivity contribution in [3.63, 3.8) is 0 Å². The molecule has 0 aromatic carbocycles. The van der Waals surface area contributed by atoms with E-state index in [4.69, 9.17) is 0 Å². The van der Waals surface area contributed by atoms with Crippen molar-refractivity contribution in [2.45, 2.75) is 77.3 Å². The topological polar surface area (TPSA) is 58.2 Å². The molecule has 0 spiro atoms. The van der Waals surface area contributed by atoms with E-state index in [9.17, 15) is 9.59 Å². The third-order valence-electron chi connectivity index (χ3n) is 3.43. The monoisotopic (exact) mass is 254 g/mol. The van der Waals surface area contributed by atoms with Crippen LogP contribution < -0.4 is 10.6 Å². The molecule has 1 fully saturated rings. The number of rotatable bonds is 7. The minimum absolute atomic E-state index is 0.00278. The molecule has 1 rings (SSSR count). The number of hydrogen-bond acceptors (Lipinski definition) is 2. The first-order chi connectivity index (χ1) is 8.63. The highest BCUT2D eigenvalue weighted by atomic mass is 16.2. The molecule has 0 radical (unpaired) electrons. The van der Waals surface area contributed by atoms with Crippen LogP contribution in [0.2, 0.25) is 0 Å². The first kappa shape index (κ1) is 15.0. The van der Waals surface area contributed by atoms with Crippen LogP contribution in [0.1, 0.15) is 65.2 Å². The van der Waals surface area contributed by atoms with Crippen LogP contribution >= 0.6 is 0 Å². The SMILES string of the molecule is CCCCCC[C@H](C)NC(=O)[C@H]1CCCC(=O)N1. The molecule has 0 aromatic rings. The molecule has 104 valence electrons. The third kappa shape index (κ3) is 5.52. The molecule has 18 heavy (non-hydrogen) atoms. The first-order valence-electron chi connectivity index (χ1n) is 7.23. The number of amides is 2. The van der Waals surface area contributed by atoms with Gasteiger partial charge in [0.05, 0.1) is 0 Å². The van der Waals surface area contributed by atoms with E-state index in [1.165, 1.54) is 19.3 Å². The second-order valence-electron chi connectivity index (χ2n) is 5.27. The fraction of sp³-hybridized carbons (Fsp3) is 0.857. The summed E-state index contributed by atoms with van der Waals surface area (Å²) in [6.45, 7) is 4.23. The van der Waals surface area contributed by atoms with Crippen molar-refractivity contribution in [3.8, 4) is 0 Å². The van der Waals surface area contributed by atoms with Crippen LogP contribution in [0, 0.1) is 0 Å². The zero-order chi connectivity index (χ0) is 13.4. The lowest BCUT2D eigenvalue weighted by Gasteiger charge is -2.24. The van der Waals surface area contributed by atoms with Crippen molar-refractivity contribution in [2.75, 3.05) is 0 Å². The summed E-state index contributed by atoms with van der Waals surface area (Å²) in [5.41, 5.74) is 0. The fourth-order valence-electron chi connectivity index (χ4n) is 2.29. The van der Waals surface area contributed by atoms with Gasteiger partial charge >= 0.3 is 0 Å². The van der Waals surface area contributed by atoms with Gasteiger partial charge in [0.15, 0.2) is 0 Å². The summed E-state index contributed by atoms with van der Waals surface area (Å²) in [6.07, 6.45) is 8.04. The third-order valence-corrected chi connectivity index (χ3v) is 3.43. The molecular formula is C14H26N2O2. The van der Waals surface area contributed by atoms with Crippen LogP contribution in [0.4, 0.5) is 0 Å². The summed E-state index contributed by atoms with van der Waals surface area (Å²) >= 11 is 0. The van der Waals surface area contributed by atoms with Gasteiger partial charge in [0.2, 0.25) is 11.8 Å². The fourth-order valence-corrected chi connectivity index (χ4v) is 2.29. The lowest BCUT2D eigenvalue weighted by atomic mass is 10.0. The molecule has 4 nitrogen and oxygen atoms in total. The van der Waals surface area contributed by atoms with E-state index < -0.39 is 0 Å². The summed E-state index contributed by atoms with van der Waals surface area (Å²) in [5.74, 6) is -0.0250. The van der Waals surface area contributed by atoms with Crippen LogP contribution in [-0.4, -0.2) is 23.9 Å². The Morgan fingerprint density at radius 1 is 1.44 bits per heavy atom. The number of unbranched alkanes of at least 4 members (excludes halogenated alkanes) is 3. The lowest BCUT2D eigenvalue weighted by molar-refractivity contribution is -0.131. The van der Waals surface area contributed by atoms with Gasteiger partial charge in [-0.25, -0.2) is 0 Å². The maximum atomic E-state index is 11.9. The van der Waals surface area contributed by atoms with Crippen LogP contribution in [0.25, 0.3) is 0 Å². The molecule has 2 amide bonds. The van der Waals surface area contributed by atoms with Gasteiger partial charge in [-0.1, -0.05) is 32.6 Å². The minimum atomic E-state index is -0.315. The number of nitrogens with one attached hydrogen (secondary N) is 2. The molecule has 0 saturated carbocycles. The normalized spacial score (nSPS) is 21.2. The molecule has 4 heteroatoms. The average molecular weight is 254 g/mol. The highest BCUT2D eigenvalue weighted by Gasteiger charge is 2.25. The van der Waals surface area contributed by atoms with Crippen LogP contribution in [0.15, 0.2) is 0 Å². The summed E-state index contributed by atoms with van der Waals surface area (Å²) in [6, 6.07) is -0.113. The molecule has 0 aliphatic carbocycles. The zero-order valence-electron chi connectivity index (χ0n) is 11.6. The van der Waals surface area contributed by atoms with Crippen LogP contribution in [0.5, 0.6) is 0 Å². The van der Waals surface area contributed by atoms with Crippen molar-refractivity contribution in [1.82, 2.24) is 10.6 Å². The molecule has 2 N–H and O–H groups in total. The maximum Gasteiger partial charge on any atom is 0.242 e. The molecule has 0 unspecified atom stereocenters. The van der Waals surface area contributed by atoms with Gasteiger partial charge < -0.3 is 10.6 Å². The van der Waals surface area contributed by atoms with Crippen molar-refractivity contribution >= 4 is 11.8 Å². The largest absolute Gasteiger partial charge is 0.352 e. The Balaban J connectivity index is 2.19. The Labute approximate surface area is 110 Å². The number of carbonyl (C=O) groups excluding carboxylic acids is 2. The van der Waals surface area contributed by atoms with Crippen LogP contribution in [-0.2, 0) is 9.59 Å². The Morgan fingerprint density at radius 2 is 2.22 bits per heavy atom. The molecule has 1 aliphatic rings. The molecule has 0 bridgehead atoms. The van der Waals surface area contributed by atoms with Gasteiger partial charge in [-0.15, -0.1) is 0 Å². The summed E-state index contributed by atoms with van der Waals surface area (Å²) < 4.78 is 0. The predicted octanol–water partition coefficient (Wildman–Crippen LogP) is 2.13. The Hall–Kier alpha value is -1.06. The van der Waals surface area contributed by atoms with E-state index in [1.54, 1.807) is 0 Å². The smallest absolute Gasteiger partial charge is 0.242 e. The number of piperidine rings is 1. The Morgan fingerprint density at radius 3 is 2.89 bits per heavy atom. The average Bonchev–Trinajstić information content (AvgIpc) is 2.34. The van der Waals surface area contributed by atoms with E-state index >= 15 is 0 Å². The summed E-state index contributed by atoms with van der Waals surface area (Å²) in [4.78, 5) is 23.1. The van der Waals surface area contributed by atoms with Gasteiger partial charge in [-0.3, -0.25) is 9.59 Å². The van der Waals surface area contributed by atoms with Gasteiger partial charge in [-0.05, 0) is 26.2 Å². The van der Waals surface area contributed by atoms with Crippen molar-refractivity contribution in [3.05, 3.63) is 0 Å². The molecule has 1 aliphatic heterocycles. The molecular weight excluding hydrogens is 228 g/mol. The highest BCUT2D eigenvalue weighted by Crippen LogP contribution is 2.09. The molecule has 2 atom stereocenters. The van der Waals surface area contributed by atoms with Crippen molar-refractivity contribution in [2.24, 2.45) is 0 Å². The first-order valence-corrected chi connectivity index (χ1v) is 7.23. The van der Waals surface area contributed by atoms with E-state index in [0.717, 1.165) is 25.7 Å². The lowest BCUT2D eigenvalue weighted by Crippen LogP contribution is -2.50. The maximum absolute atomic E-state index is 11.9. The number of carbonyl (C=O) groups is 2. The quantitative estimate of drug-likeness (QED) is 0.684. The Bertz CT molecular complexity index is 279. The van der Waals surface area contributed by atoms with E-state index in [2.05, 4.69) is 17.6 Å². The highest BCUT2D eigenvalue weighted by molar-refractivity contribution is 5.88. The van der Waals surface area contributed by atoms with Crippen molar-refractivity contribution < 1.29 is 9.59 Å². The van der Waals surface area contributed by atoms with Gasteiger partial charge in [0.25, 0.3) is 0 Å². The predicted molar refractivity (Wildman–Crippen MR) is 72.1 cm³/mol. The molecule has 1 heterocycles. The second-order valence-corrected chi connectivity index (χ2v) is 5.27. The summed E-state index contributed by atoms with van der Waals surface area (Å²) in [7, 11) is 0.